The Balaban J connectivity index is 2.40. The van der Waals surface area contributed by atoms with E-state index in [1.807, 2.05) is 0 Å². The standard InChI is InChI=1S/C23H25F2N3O3/c1-5-23(24,25)16-7-6-8-18(13-16)28-22(30)20(14(2)26)21(15(3)29)27-17-9-11-19(31-4)12-10-17/h6-13H,5,26H2,1-4H3,(H,28,30)/b20-14+,27-21?. The van der Waals surface area contributed by atoms with Crippen LogP contribution in [0.15, 0.2) is 64.8 Å². The zero-order chi connectivity index (χ0) is 23.2. The second-order valence-corrected chi connectivity index (χ2v) is 6.87. The number of aliphatic imine (C=N–C) groups is 1. The highest BCUT2D eigenvalue weighted by Gasteiger charge is 2.29. The summed E-state index contributed by atoms with van der Waals surface area (Å²) in [5.41, 5.74) is 6.04. The number of carbonyl (C=O) groups excluding carboxylic acids is 2. The van der Waals surface area contributed by atoms with Gasteiger partial charge in [0.1, 0.15) is 11.5 Å². The largest absolute Gasteiger partial charge is 0.497 e. The molecule has 0 unspecified atom stereocenters. The van der Waals surface area contributed by atoms with Gasteiger partial charge < -0.3 is 15.8 Å². The molecule has 0 bridgehead atoms. The maximum atomic E-state index is 14.0. The Bertz CT molecular complexity index is 1020. The summed E-state index contributed by atoms with van der Waals surface area (Å²) >= 11 is 0. The van der Waals surface area contributed by atoms with Crippen LogP contribution >= 0.6 is 0 Å². The van der Waals surface area contributed by atoms with Crippen LogP contribution in [-0.2, 0) is 15.5 Å². The van der Waals surface area contributed by atoms with Crippen molar-refractivity contribution in [2.24, 2.45) is 10.7 Å². The number of ketones is 1. The number of anilines is 1. The minimum Gasteiger partial charge on any atom is -0.497 e. The normalized spacial score (nSPS) is 12.8. The molecule has 164 valence electrons. The Morgan fingerprint density at radius 2 is 1.77 bits per heavy atom. The van der Waals surface area contributed by atoms with Crippen LogP contribution in [0.4, 0.5) is 20.2 Å². The SMILES string of the molecule is CCC(F)(F)c1cccc(NC(=O)/C(C(=Nc2ccc(OC)cc2)C(C)=O)=C(\C)N)c1. The molecule has 3 N–H and O–H groups in total. The van der Waals surface area contributed by atoms with E-state index in [9.17, 15) is 18.4 Å². The lowest BCUT2D eigenvalue weighted by atomic mass is 10.0. The van der Waals surface area contributed by atoms with E-state index in [4.69, 9.17) is 10.5 Å². The van der Waals surface area contributed by atoms with Gasteiger partial charge in [0.15, 0.2) is 5.78 Å². The molecule has 0 saturated carbocycles. The molecule has 2 aromatic carbocycles. The minimum absolute atomic E-state index is 0.0648. The van der Waals surface area contributed by atoms with Crippen molar-refractivity contribution in [2.75, 3.05) is 12.4 Å². The zero-order valence-corrected chi connectivity index (χ0v) is 17.8. The van der Waals surface area contributed by atoms with E-state index < -0.39 is 17.6 Å². The first-order valence-corrected chi connectivity index (χ1v) is 9.59. The number of carbonyl (C=O) groups is 2. The molecule has 2 rings (SSSR count). The average Bonchev–Trinajstić information content (AvgIpc) is 2.73. The monoisotopic (exact) mass is 429 g/mol. The molecule has 6 nitrogen and oxygen atoms in total. The second-order valence-electron chi connectivity index (χ2n) is 6.87. The van der Waals surface area contributed by atoms with Gasteiger partial charge in [-0.3, -0.25) is 9.59 Å². The highest BCUT2D eigenvalue weighted by Crippen LogP contribution is 2.32. The molecule has 1 amide bonds. The average molecular weight is 429 g/mol. The van der Waals surface area contributed by atoms with Crippen molar-refractivity contribution < 1.29 is 23.1 Å². The lowest BCUT2D eigenvalue weighted by Gasteiger charge is -2.16. The Morgan fingerprint density at radius 1 is 1.13 bits per heavy atom. The summed E-state index contributed by atoms with van der Waals surface area (Å²) in [4.78, 5) is 29.5. The maximum absolute atomic E-state index is 14.0. The Kier molecular flexibility index (Phi) is 7.63. The number of ether oxygens (including phenoxy) is 1. The zero-order valence-electron chi connectivity index (χ0n) is 17.8. The third-order valence-electron chi connectivity index (χ3n) is 4.49. The lowest BCUT2D eigenvalue weighted by Crippen LogP contribution is -2.28. The number of amides is 1. The van der Waals surface area contributed by atoms with Crippen molar-refractivity contribution in [3.8, 4) is 5.75 Å². The molecule has 0 aliphatic rings. The van der Waals surface area contributed by atoms with Gasteiger partial charge in [-0.05, 0) is 43.3 Å². The third kappa shape index (κ3) is 5.97. The molecule has 2 aromatic rings. The van der Waals surface area contributed by atoms with E-state index in [1.54, 1.807) is 24.3 Å². The van der Waals surface area contributed by atoms with Gasteiger partial charge >= 0.3 is 0 Å². The van der Waals surface area contributed by atoms with Gasteiger partial charge in [0.25, 0.3) is 11.8 Å². The fourth-order valence-electron chi connectivity index (χ4n) is 2.79. The molecule has 0 aliphatic heterocycles. The Morgan fingerprint density at radius 3 is 2.29 bits per heavy atom. The van der Waals surface area contributed by atoms with Gasteiger partial charge in [-0.2, -0.15) is 0 Å². The number of rotatable bonds is 8. The third-order valence-corrected chi connectivity index (χ3v) is 4.49. The van der Waals surface area contributed by atoms with Crippen LogP contribution in [0, 0.1) is 0 Å². The number of hydrogen-bond acceptors (Lipinski definition) is 5. The van der Waals surface area contributed by atoms with E-state index in [0.29, 0.717) is 11.4 Å². The number of nitrogens with zero attached hydrogens (tertiary/aromatic N) is 1. The summed E-state index contributed by atoms with van der Waals surface area (Å²) in [6.07, 6.45) is -0.375. The summed E-state index contributed by atoms with van der Waals surface area (Å²) in [6, 6.07) is 12.0. The molecule has 0 fully saturated rings. The van der Waals surface area contributed by atoms with Crippen LogP contribution in [-0.4, -0.2) is 24.5 Å². The second kappa shape index (κ2) is 9.97. The van der Waals surface area contributed by atoms with E-state index >= 15 is 0 Å². The van der Waals surface area contributed by atoms with Crippen LogP contribution in [0.1, 0.15) is 32.8 Å². The Hall–Kier alpha value is -3.55. The predicted molar refractivity (Wildman–Crippen MR) is 117 cm³/mol. The van der Waals surface area contributed by atoms with Gasteiger partial charge in [0, 0.05) is 30.3 Å². The Labute approximate surface area is 179 Å². The number of nitrogens with two attached hydrogens (primary N) is 1. The summed E-state index contributed by atoms with van der Waals surface area (Å²) in [5.74, 6) is -3.61. The van der Waals surface area contributed by atoms with E-state index in [2.05, 4.69) is 10.3 Å². The van der Waals surface area contributed by atoms with Crippen LogP contribution in [0.25, 0.3) is 0 Å². The molecule has 0 atom stereocenters. The van der Waals surface area contributed by atoms with Crippen molar-refractivity contribution in [1.82, 2.24) is 0 Å². The fourth-order valence-corrected chi connectivity index (χ4v) is 2.79. The molecule has 0 heterocycles. The van der Waals surface area contributed by atoms with E-state index in [1.165, 1.54) is 52.1 Å². The van der Waals surface area contributed by atoms with E-state index in [-0.39, 0.29) is 34.7 Å². The molecule has 0 aromatic heterocycles. The van der Waals surface area contributed by atoms with Crippen molar-refractivity contribution in [1.29, 1.82) is 0 Å². The predicted octanol–water partition coefficient (Wildman–Crippen LogP) is 4.73. The number of hydrogen-bond donors (Lipinski definition) is 2. The molecule has 0 aliphatic carbocycles. The summed E-state index contributed by atoms with van der Waals surface area (Å²) in [6.45, 7) is 4.10. The van der Waals surface area contributed by atoms with Crippen molar-refractivity contribution in [2.45, 2.75) is 33.1 Å². The smallest absolute Gasteiger partial charge is 0.273 e. The quantitative estimate of drug-likeness (QED) is 0.469. The van der Waals surface area contributed by atoms with Crippen LogP contribution < -0.4 is 15.8 Å². The molecular weight excluding hydrogens is 404 g/mol. The molecule has 0 saturated heterocycles. The summed E-state index contributed by atoms with van der Waals surface area (Å²) < 4.78 is 33.1. The number of methoxy groups -OCH3 is 1. The van der Waals surface area contributed by atoms with Gasteiger partial charge in [0.05, 0.1) is 18.4 Å². The van der Waals surface area contributed by atoms with E-state index in [0.717, 1.165) is 0 Å². The van der Waals surface area contributed by atoms with Gasteiger partial charge in [-0.1, -0.05) is 19.1 Å². The molecule has 0 spiro atoms. The van der Waals surface area contributed by atoms with Crippen molar-refractivity contribution >= 4 is 28.8 Å². The number of halogens is 2. The molecule has 31 heavy (non-hydrogen) atoms. The topological polar surface area (TPSA) is 93.8 Å². The summed E-state index contributed by atoms with van der Waals surface area (Å²) in [7, 11) is 1.52. The first-order valence-electron chi connectivity index (χ1n) is 9.59. The number of alkyl halides is 2. The fraction of sp³-hybridized carbons (Fsp3) is 0.261. The number of allylic oxidation sites excluding steroid dienone is 1. The number of Topliss-reactive ketones (excluding diaryl/α,β-unsaturated/α-hetero) is 1. The van der Waals surface area contributed by atoms with Crippen LogP contribution in [0.5, 0.6) is 5.75 Å². The molecular formula is C23H25F2N3O3. The van der Waals surface area contributed by atoms with Gasteiger partial charge in [0.2, 0.25) is 0 Å². The van der Waals surface area contributed by atoms with Crippen LogP contribution in [0.2, 0.25) is 0 Å². The molecule has 0 radical (unpaired) electrons. The highest BCUT2D eigenvalue weighted by atomic mass is 19.3. The highest BCUT2D eigenvalue weighted by molar-refractivity contribution is 6.52. The number of nitrogens with one attached hydrogen (secondary N) is 1. The maximum Gasteiger partial charge on any atom is 0.273 e. The lowest BCUT2D eigenvalue weighted by molar-refractivity contribution is -0.114. The molecule has 8 heteroatoms. The first kappa shape index (κ1) is 23.7. The van der Waals surface area contributed by atoms with Gasteiger partial charge in [-0.15, -0.1) is 0 Å². The first-order chi connectivity index (χ1) is 14.6. The van der Waals surface area contributed by atoms with Gasteiger partial charge in [-0.25, -0.2) is 13.8 Å². The minimum atomic E-state index is -3.02. The number of benzene rings is 2. The van der Waals surface area contributed by atoms with Crippen molar-refractivity contribution in [3.05, 3.63) is 65.4 Å². The van der Waals surface area contributed by atoms with Crippen LogP contribution in [0.3, 0.4) is 0 Å². The summed E-state index contributed by atoms with van der Waals surface area (Å²) in [5, 5.41) is 2.54. The van der Waals surface area contributed by atoms with Crippen molar-refractivity contribution in [3.63, 3.8) is 0 Å².